The maximum atomic E-state index is 13.8. The quantitative estimate of drug-likeness (QED) is 0.863. The molecule has 1 heterocycles. The summed E-state index contributed by atoms with van der Waals surface area (Å²) in [6.07, 6.45) is 0. The molecule has 8 heteroatoms. The lowest BCUT2D eigenvalue weighted by Gasteiger charge is -2.17. The van der Waals surface area contributed by atoms with E-state index in [-0.39, 0.29) is 32.6 Å². The fourth-order valence-electron chi connectivity index (χ4n) is 2.72. The Bertz CT molecular complexity index is 1020. The molecule has 0 atom stereocenters. The van der Waals surface area contributed by atoms with Gasteiger partial charge in [0.15, 0.2) is 5.60 Å². The number of rotatable bonds is 3. The molecule has 0 spiro atoms. The third kappa shape index (κ3) is 3.38. The summed E-state index contributed by atoms with van der Waals surface area (Å²) in [5.74, 6) is -0.686. The minimum absolute atomic E-state index is 0.0687. The van der Waals surface area contributed by atoms with Crippen molar-refractivity contribution in [3.8, 4) is 0 Å². The van der Waals surface area contributed by atoms with Crippen LogP contribution in [0.25, 0.3) is 11.3 Å². The van der Waals surface area contributed by atoms with Crippen molar-refractivity contribution in [3.63, 3.8) is 0 Å². The van der Waals surface area contributed by atoms with Crippen molar-refractivity contribution in [2.24, 2.45) is 5.14 Å². The predicted molar refractivity (Wildman–Crippen MR) is 96.2 cm³/mol. The molecule has 0 saturated heterocycles. The average Bonchev–Trinajstić information content (AvgIpc) is 2.76. The molecule has 26 heavy (non-hydrogen) atoms. The summed E-state index contributed by atoms with van der Waals surface area (Å²) in [4.78, 5) is 12.7. The highest BCUT2D eigenvalue weighted by Gasteiger charge is 2.43. The fourth-order valence-corrected chi connectivity index (χ4v) is 3.45. The number of halogens is 2. The molecule has 0 bridgehead atoms. The van der Waals surface area contributed by atoms with Gasteiger partial charge in [-0.05, 0) is 61.9 Å². The number of benzene rings is 2. The second-order valence-electron chi connectivity index (χ2n) is 6.37. The van der Waals surface area contributed by atoms with Gasteiger partial charge in [-0.15, -0.1) is 0 Å². The Labute approximate surface area is 155 Å². The first-order valence-electron chi connectivity index (χ1n) is 7.57. The third-order valence-electron chi connectivity index (χ3n) is 3.95. The molecule has 0 aliphatic carbocycles. The van der Waals surface area contributed by atoms with Crippen LogP contribution in [-0.4, -0.2) is 19.8 Å². The predicted octanol–water partition coefficient (Wildman–Crippen LogP) is 3.37. The Hall–Kier alpha value is -2.22. The van der Waals surface area contributed by atoms with Crippen molar-refractivity contribution in [1.29, 1.82) is 0 Å². The van der Waals surface area contributed by atoms with Crippen LogP contribution in [0.4, 0.5) is 4.39 Å². The summed E-state index contributed by atoms with van der Waals surface area (Å²) in [6, 6.07) is 9.39. The molecule has 5 nitrogen and oxygen atoms in total. The van der Waals surface area contributed by atoms with Crippen LogP contribution in [0.15, 0.2) is 47.4 Å². The normalized spacial score (nSPS) is 16.7. The lowest BCUT2D eigenvalue weighted by atomic mass is 9.92. The van der Waals surface area contributed by atoms with Gasteiger partial charge in [0, 0.05) is 10.6 Å². The highest BCUT2D eigenvalue weighted by molar-refractivity contribution is 7.89. The Balaban J connectivity index is 2.20. The Morgan fingerprint density at radius 1 is 1.08 bits per heavy atom. The molecule has 1 aliphatic rings. The van der Waals surface area contributed by atoms with E-state index in [1.54, 1.807) is 13.8 Å². The minimum Gasteiger partial charge on any atom is -0.478 e. The van der Waals surface area contributed by atoms with Gasteiger partial charge in [0.05, 0.1) is 10.5 Å². The topological polar surface area (TPSA) is 86.5 Å². The second kappa shape index (κ2) is 6.19. The zero-order valence-corrected chi connectivity index (χ0v) is 15.5. The SMILES string of the molecule is CC1(C)OC(c2ccc(S(N)(=O)=O)cc2)=C(c2cc(F)cc(Cl)c2)C1=O. The molecular formula is C18H15ClFNO4S. The Morgan fingerprint density at radius 3 is 2.23 bits per heavy atom. The molecule has 2 aromatic carbocycles. The zero-order valence-electron chi connectivity index (χ0n) is 13.9. The van der Waals surface area contributed by atoms with Crippen LogP contribution in [0.2, 0.25) is 5.02 Å². The number of primary sulfonamides is 1. The van der Waals surface area contributed by atoms with Crippen molar-refractivity contribution in [2.45, 2.75) is 24.3 Å². The maximum absolute atomic E-state index is 13.8. The van der Waals surface area contributed by atoms with E-state index in [2.05, 4.69) is 0 Å². The number of ether oxygens (including phenoxy) is 1. The molecule has 0 amide bonds. The summed E-state index contributed by atoms with van der Waals surface area (Å²) < 4.78 is 42.4. The van der Waals surface area contributed by atoms with Gasteiger partial charge in [0.2, 0.25) is 15.8 Å². The van der Waals surface area contributed by atoms with Crippen LogP contribution >= 0.6 is 11.6 Å². The molecule has 136 valence electrons. The first-order valence-corrected chi connectivity index (χ1v) is 9.49. The summed E-state index contributed by atoms with van der Waals surface area (Å²) >= 11 is 5.92. The first kappa shape index (κ1) is 18.6. The van der Waals surface area contributed by atoms with E-state index in [0.717, 1.165) is 6.07 Å². The van der Waals surface area contributed by atoms with E-state index in [9.17, 15) is 17.6 Å². The number of ketones is 1. The molecule has 0 unspecified atom stereocenters. The lowest BCUT2D eigenvalue weighted by molar-refractivity contribution is -0.125. The van der Waals surface area contributed by atoms with Gasteiger partial charge in [0.1, 0.15) is 11.6 Å². The fraction of sp³-hybridized carbons (Fsp3) is 0.167. The zero-order chi connectivity index (χ0) is 19.3. The molecule has 0 fully saturated rings. The van der Waals surface area contributed by atoms with Gasteiger partial charge in [-0.25, -0.2) is 17.9 Å². The smallest absolute Gasteiger partial charge is 0.238 e. The van der Waals surface area contributed by atoms with Crippen LogP contribution in [0.3, 0.4) is 0 Å². The number of sulfonamides is 1. The van der Waals surface area contributed by atoms with Crippen molar-refractivity contribution in [2.75, 3.05) is 0 Å². The van der Waals surface area contributed by atoms with Crippen molar-refractivity contribution >= 4 is 38.7 Å². The van der Waals surface area contributed by atoms with E-state index in [1.165, 1.54) is 36.4 Å². The highest BCUT2D eigenvalue weighted by Crippen LogP contribution is 2.42. The molecule has 0 aromatic heterocycles. The number of hydrogen-bond acceptors (Lipinski definition) is 4. The van der Waals surface area contributed by atoms with Crippen LogP contribution in [0.1, 0.15) is 25.0 Å². The molecular weight excluding hydrogens is 381 g/mol. The van der Waals surface area contributed by atoms with Gasteiger partial charge in [-0.1, -0.05) is 11.6 Å². The van der Waals surface area contributed by atoms with Crippen LogP contribution in [0.5, 0.6) is 0 Å². The standard InChI is InChI=1S/C18H15ClFNO4S/c1-18(2)17(22)15(11-7-12(19)9-13(20)8-11)16(25-18)10-3-5-14(6-4-10)26(21,23)24/h3-9H,1-2H3,(H2,21,23,24). The monoisotopic (exact) mass is 395 g/mol. The van der Waals surface area contributed by atoms with E-state index in [1.807, 2.05) is 0 Å². The summed E-state index contributed by atoms with van der Waals surface area (Å²) in [5, 5.41) is 5.24. The molecule has 2 N–H and O–H groups in total. The first-order chi connectivity index (χ1) is 12.0. The summed E-state index contributed by atoms with van der Waals surface area (Å²) in [5.41, 5.74) is -0.218. The Kier molecular flexibility index (Phi) is 4.42. The molecule has 0 saturated carbocycles. The lowest BCUT2D eigenvalue weighted by Crippen LogP contribution is -2.29. The van der Waals surface area contributed by atoms with Crippen molar-refractivity contribution < 1.29 is 22.3 Å². The Morgan fingerprint density at radius 2 is 1.69 bits per heavy atom. The molecule has 1 aliphatic heterocycles. The van der Waals surface area contributed by atoms with E-state index >= 15 is 0 Å². The van der Waals surface area contributed by atoms with Gasteiger partial charge in [-0.3, -0.25) is 4.79 Å². The molecule has 0 radical (unpaired) electrons. The number of carbonyl (C=O) groups excluding carboxylic acids is 1. The van der Waals surface area contributed by atoms with Crippen LogP contribution < -0.4 is 5.14 Å². The highest BCUT2D eigenvalue weighted by atomic mass is 35.5. The van der Waals surface area contributed by atoms with Crippen LogP contribution in [-0.2, 0) is 19.6 Å². The number of carbonyl (C=O) groups is 1. The van der Waals surface area contributed by atoms with Crippen molar-refractivity contribution in [3.05, 3.63) is 64.4 Å². The third-order valence-corrected chi connectivity index (χ3v) is 5.10. The van der Waals surface area contributed by atoms with E-state index in [0.29, 0.717) is 5.56 Å². The van der Waals surface area contributed by atoms with Gasteiger partial charge >= 0.3 is 0 Å². The van der Waals surface area contributed by atoms with E-state index < -0.39 is 21.4 Å². The number of Topliss-reactive ketones (excluding diaryl/α,β-unsaturated/α-hetero) is 1. The second-order valence-corrected chi connectivity index (χ2v) is 8.37. The summed E-state index contributed by atoms with van der Waals surface area (Å²) in [6.45, 7) is 3.20. The number of hydrogen-bond donors (Lipinski definition) is 1. The largest absolute Gasteiger partial charge is 0.478 e. The maximum Gasteiger partial charge on any atom is 0.238 e. The van der Waals surface area contributed by atoms with Gasteiger partial charge in [-0.2, -0.15) is 0 Å². The van der Waals surface area contributed by atoms with Crippen molar-refractivity contribution in [1.82, 2.24) is 0 Å². The molecule has 2 aromatic rings. The van der Waals surface area contributed by atoms with Gasteiger partial charge < -0.3 is 4.74 Å². The minimum atomic E-state index is -3.84. The summed E-state index contributed by atoms with van der Waals surface area (Å²) in [7, 11) is -3.84. The number of nitrogens with two attached hydrogens (primary N) is 1. The van der Waals surface area contributed by atoms with E-state index in [4.69, 9.17) is 21.5 Å². The van der Waals surface area contributed by atoms with Crippen LogP contribution in [0, 0.1) is 5.82 Å². The molecule has 3 rings (SSSR count). The average molecular weight is 396 g/mol. The van der Waals surface area contributed by atoms with Gasteiger partial charge in [0.25, 0.3) is 0 Å².